The molecule has 5 nitrogen and oxygen atoms in total. The average Bonchev–Trinajstić information content (AvgIpc) is 2.75. The zero-order valence-corrected chi connectivity index (χ0v) is 12.7. The Balaban J connectivity index is 2.46. The maximum absolute atomic E-state index is 12.2. The van der Waals surface area contributed by atoms with Crippen LogP contribution in [0.3, 0.4) is 0 Å². The Kier molecular flexibility index (Phi) is 6.58. The normalized spacial score (nSPS) is 21.2. The largest absolute Gasteiger partial charge is 0.396 e. The first-order valence-electron chi connectivity index (χ1n) is 7.23. The van der Waals surface area contributed by atoms with Gasteiger partial charge in [0.1, 0.15) is 0 Å². The maximum atomic E-state index is 12.2. The summed E-state index contributed by atoms with van der Waals surface area (Å²) in [4.78, 5) is 16.1. The number of nitrogens with zero attached hydrogens (tertiary/aromatic N) is 2. The summed E-state index contributed by atoms with van der Waals surface area (Å²) in [7, 11) is 4.05. The van der Waals surface area contributed by atoms with Crippen LogP contribution in [-0.4, -0.2) is 67.3 Å². The smallest absolute Gasteiger partial charge is 0.317 e. The van der Waals surface area contributed by atoms with Crippen molar-refractivity contribution in [1.29, 1.82) is 0 Å². The van der Waals surface area contributed by atoms with Crippen LogP contribution >= 0.6 is 0 Å². The zero-order chi connectivity index (χ0) is 14.4. The highest BCUT2D eigenvalue weighted by Crippen LogP contribution is 2.16. The number of likely N-dealkylation sites (tertiary alicyclic amines) is 1. The van der Waals surface area contributed by atoms with Gasteiger partial charge in [-0.25, -0.2) is 4.79 Å². The molecule has 1 heterocycles. The number of aliphatic hydroxyl groups is 1. The molecule has 1 rings (SSSR count). The number of rotatable bonds is 6. The van der Waals surface area contributed by atoms with Crippen LogP contribution in [0.4, 0.5) is 4.79 Å². The summed E-state index contributed by atoms with van der Waals surface area (Å²) in [6.07, 6.45) is 1.90. The van der Waals surface area contributed by atoms with Crippen molar-refractivity contribution in [2.75, 3.05) is 40.3 Å². The fourth-order valence-electron chi connectivity index (χ4n) is 2.62. The number of likely N-dealkylation sites (N-methyl/N-ethyl adjacent to an activating group) is 1. The summed E-state index contributed by atoms with van der Waals surface area (Å²) >= 11 is 0. The number of amides is 2. The van der Waals surface area contributed by atoms with Crippen molar-refractivity contribution in [1.82, 2.24) is 15.1 Å². The minimum atomic E-state index is 0.0171. The van der Waals surface area contributed by atoms with Gasteiger partial charge in [-0.15, -0.1) is 0 Å². The number of hydrogen-bond donors (Lipinski definition) is 2. The minimum Gasteiger partial charge on any atom is -0.396 e. The summed E-state index contributed by atoms with van der Waals surface area (Å²) in [5.41, 5.74) is 0. The molecule has 0 aromatic carbocycles. The molecular weight excluding hydrogens is 242 g/mol. The van der Waals surface area contributed by atoms with Crippen molar-refractivity contribution >= 4 is 6.03 Å². The molecule has 0 aromatic rings. The molecule has 0 spiro atoms. The third kappa shape index (κ3) is 5.78. The lowest BCUT2D eigenvalue weighted by atomic mass is 10.0. The van der Waals surface area contributed by atoms with E-state index < -0.39 is 0 Å². The molecule has 0 bridgehead atoms. The molecular formula is C14H29N3O2. The summed E-state index contributed by atoms with van der Waals surface area (Å²) in [6.45, 7) is 6.82. The van der Waals surface area contributed by atoms with E-state index in [0.29, 0.717) is 12.5 Å². The number of hydrogen-bond acceptors (Lipinski definition) is 3. The van der Waals surface area contributed by atoms with Crippen LogP contribution < -0.4 is 5.32 Å². The molecule has 0 radical (unpaired) electrons. The van der Waals surface area contributed by atoms with Gasteiger partial charge in [-0.3, -0.25) is 0 Å². The van der Waals surface area contributed by atoms with Gasteiger partial charge in [0.2, 0.25) is 0 Å². The first-order chi connectivity index (χ1) is 8.92. The fourth-order valence-corrected chi connectivity index (χ4v) is 2.62. The molecule has 0 aromatic heterocycles. The van der Waals surface area contributed by atoms with Gasteiger partial charge in [-0.1, -0.05) is 13.8 Å². The SMILES string of the molecule is CC(C)CC(CN(C)C)NC(=O)N1CCC(CO)C1. The molecule has 1 fully saturated rings. The average molecular weight is 271 g/mol. The summed E-state index contributed by atoms with van der Waals surface area (Å²) in [6, 6.07) is 0.208. The fraction of sp³-hybridized carbons (Fsp3) is 0.929. The lowest BCUT2D eigenvalue weighted by Crippen LogP contribution is -2.48. The van der Waals surface area contributed by atoms with E-state index in [1.807, 2.05) is 19.0 Å². The highest BCUT2D eigenvalue weighted by atomic mass is 16.3. The van der Waals surface area contributed by atoms with Gasteiger partial charge >= 0.3 is 6.03 Å². The minimum absolute atomic E-state index is 0.0171. The van der Waals surface area contributed by atoms with Crippen molar-refractivity contribution in [3.8, 4) is 0 Å². The number of aliphatic hydroxyl groups excluding tert-OH is 1. The quantitative estimate of drug-likeness (QED) is 0.757. The van der Waals surface area contributed by atoms with E-state index in [1.54, 1.807) is 0 Å². The zero-order valence-electron chi connectivity index (χ0n) is 12.7. The molecule has 5 heteroatoms. The van der Waals surface area contributed by atoms with Crippen LogP contribution in [0, 0.1) is 11.8 Å². The molecule has 2 N–H and O–H groups in total. The Hall–Kier alpha value is -0.810. The predicted molar refractivity (Wildman–Crippen MR) is 77.1 cm³/mol. The molecule has 0 aliphatic carbocycles. The van der Waals surface area contributed by atoms with Gasteiger partial charge in [0, 0.05) is 38.2 Å². The van der Waals surface area contributed by atoms with E-state index in [1.165, 1.54) is 0 Å². The van der Waals surface area contributed by atoms with Crippen molar-refractivity contribution < 1.29 is 9.90 Å². The Bertz CT molecular complexity index is 272. The van der Waals surface area contributed by atoms with Crippen molar-refractivity contribution in [3.63, 3.8) is 0 Å². The standard InChI is InChI=1S/C14H29N3O2/c1-11(2)7-13(9-16(3)4)15-14(19)17-6-5-12(8-17)10-18/h11-13,18H,5-10H2,1-4H3,(H,15,19). The molecule has 2 amide bonds. The monoisotopic (exact) mass is 271 g/mol. The third-order valence-electron chi connectivity index (χ3n) is 3.50. The van der Waals surface area contributed by atoms with Gasteiger partial charge in [0.05, 0.1) is 0 Å². The molecule has 0 saturated carbocycles. The van der Waals surface area contributed by atoms with Crippen LogP contribution in [-0.2, 0) is 0 Å². The Labute approximate surface area is 117 Å². The van der Waals surface area contributed by atoms with Crippen LogP contribution in [0.5, 0.6) is 0 Å². The second-order valence-electron chi connectivity index (χ2n) is 6.32. The van der Waals surface area contributed by atoms with E-state index in [0.717, 1.165) is 25.9 Å². The number of carbonyl (C=O) groups is 1. The van der Waals surface area contributed by atoms with Gasteiger partial charge < -0.3 is 20.2 Å². The number of urea groups is 1. The van der Waals surface area contributed by atoms with Gasteiger partial charge in [-0.2, -0.15) is 0 Å². The highest BCUT2D eigenvalue weighted by Gasteiger charge is 2.27. The van der Waals surface area contributed by atoms with Gasteiger partial charge in [-0.05, 0) is 32.9 Å². The maximum Gasteiger partial charge on any atom is 0.317 e. The first kappa shape index (κ1) is 16.2. The summed E-state index contributed by atoms with van der Waals surface area (Å²) in [5.74, 6) is 0.817. The Morgan fingerprint density at radius 3 is 2.63 bits per heavy atom. The number of carbonyl (C=O) groups excluding carboxylic acids is 1. The van der Waals surface area contributed by atoms with E-state index in [-0.39, 0.29) is 24.6 Å². The van der Waals surface area contributed by atoms with E-state index in [4.69, 9.17) is 5.11 Å². The van der Waals surface area contributed by atoms with Crippen LogP contribution in [0.15, 0.2) is 0 Å². The molecule has 112 valence electrons. The van der Waals surface area contributed by atoms with Crippen molar-refractivity contribution in [3.05, 3.63) is 0 Å². The molecule has 2 unspecified atom stereocenters. The second kappa shape index (κ2) is 7.70. The van der Waals surface area contributed by atoms with E-state index in [2.05, 4.69) is 24.1 Å². The van der Waals surface area contributed by atoms with Crippen LogP contribution in [0.2, 0.25) is 0 Å². The van der Waals surface area contributed by atoms with E-state index >= 15 is 0 Å². The second-order valence-corrected chi connectivity index (χ2v) is 6.32. The summed E-state index contributed by atoms with van der Waals surface area (Å²) < 4.78 is 0. The lowest BCUT2D eigenvalue weighted by molar-refractivity contribution is 0.190. The van der Waals surface area contributed by atoms with Crippen LogP contribution in [0.1, 0.15) is 26.7 Å². The molecule has 1 saturated heterocycles. The van der Waals surface area contributed by atoms with Crippen LogP contribution in [0.25, 0.3) is 0 Å². The third-order valence-corrected chi connectivity index (χ3v) is 3.50. The Morgan fingerprint density at radius 2 is 2.16 bits per heavy atom. The predicted octanol–water partition coefficient (Wildman–Crippen LogP) is 0.987. The first-order valence-corrected chi connectivity index (χ1v) is 7.23. The van der Waals surface area contributed by atoms with Gasteiger partial charge in [0.25, 0.3) is 0 Å². The molecule has 1 aliphatic heterocycles. The lowest BCUT2D eigenvalue weighted by Gasteiger charge is -2.26. The van der Waals surface area contributed by atoms with Crippen molar-refractivity contribution in [2.45, 2.75) is 32.7 Å². The van der Waals surface area contributed by atoms with E-state index in [9.17, 15) is 4.79 Å². The Morgan fingerprint density at radius 1 is 1.47 bits per heavy atom. The van der Waals surface area contributed by atoms with Crippen molar-refractivity contribution in [2.24, 2.45) is 11.8 Å². The molecule has 19 heavy (non-hydrogen) atoms. The molecule has 1 aliphatic rings. The summed E-state index contributed by atoms with van der Waals surface area (Å²) in [5, 5.41) is 12.3. The van der Waals surface area contributed by atoms with Gasteiger partial charge in [0.15, 0.2) is 0 Å². The highest BCUT2D eigenvalue weighted by molar-refractivity contribution is 5.74. The number of nitrogens with one attached hydrogen (secondary N) is 1. The molecule has 2 atom stereocenters. The topological polar surface area (TPSA) is 55.8 Å².